The van der Waals surface area contributed by atoms with Crippen LogP contribution in [0, 0.1) is 0 Å². The molecule has 1 amide bonds. The van der Waals surface area contributed by atoms with Gasteiger partial charge in [0.15, 0.2) is 0 Å². The summed E-state index contributed by atoms with van der Waals surface area (Å²) in [6.45, 7) is 5.70. The van der Waals surface area contributed by atoms with Gasteiger partial charge in [0, 0.05) is 61.5 Å². The molecule has 6 rings (SSSR count). The number of likely N-dealkylation sites (N-methyl/N-ethyl adjacent to an activating group) is 1. The summed E-state index contributed by atoms with van der Waals surface area (Å²) in [6.07, 6.45) is 5.75. The van der Waals surface area contributed by atoms with Crippen LogP contribution in [0.3, 0.4) is 0 Å². The van der Waals surface area contributed by atoms with E-state index >= 15 is 0 Å². The number of benzene rings is 3. The lowest BCUT2D eigenvalue weighted by Gasteiger charge is -2.35. The summed E-state index contributed by atoms with van der Waals surface area (Å²) in [7, 11) is 2.18. The topological polar surface area (TPSA) is 90.0 Å². The molecular weight excluding hydrogens is 498 g/mol. The molecule has 1 saturated heterocycles. The van der Waals surface area contributed by atoms with E-state index in [2.05, 4.69) is 96.9 Å². The van der Waals surface area contributed by atoms with Crippen molar-refractivity contribution >= 4 is 40.6 Å². The van der Waals surface area contributed by atoms with Crippen LogP contribution in [0.4, 0.5) is 11.6 Å². The number of aromatic nitrogens is 4. The third-order valence-electron chi connectivity index (χ3n) is 7.23. The molecule has 0 spiro atoms. The normalized spacial score (nSPS) is 14.2. The van der Waals surface area contributed by atoms with Gasteiger partial charge in [0.2, 0.25) is 11.9 Å². The summed E-state index contributed by atoms with van der Waals surface area (Å²) < 4.78 is 0. The zero-order chi connectivity index (χ0) is 27.5. The first-order chi connectivity index (χ1) is 19.5. The Bertz CT molecular complexity index is 1680. The maximum Gasteiger partial charge on any atom is 0.229 e. The van der Waals surface area contributed by atoms with Crippen molar-refractivity contribution in [3.05, 3.63) is 90.3 Å². The first-order valence-corrected chi connectivity index (χ1v) is 13.4. The molecule has 1 fully saturated rings. The van der Waals surface area contributed by atoms with Gasteiger partial charge in [-0.05, 0) is 48.5 Å². The van der Waals surface area contributed by atoms with E-state index in [9.17, 15) is 4.79 Å². The average Bonchev–Trinajstić information content (AvgIpc) is 3.39. The van der Waals surface area contributed by atoms with Gasteiger partial charge in [0.25, 0.3) is 0 Å². The number of H-pyrrole nitrogens is 1. The summed E-state index contributed by atoms with van der Waals surface area (Å²) in [6, 6.07) is 25.2. The van der Waals surface area contributed by atoms with Crippen LogP contribution in [0.1, 0.15) is 18.2 Å². The highest BCUT2D eigenvalue weighted by Gasteiger charge is 2.17. The van der Waals surface area contributed by atoms with Gasteiger partial charge in [-0.1, -0.05) is 54.6 Å². The van der Waals surface area contributed by atoms with E-state index in [4.69, 9.17) is 0 Å². The number of carbonyl (C=O) groups excluding carboxylic acids is 1. The monoisotopic (exact) mass is 529 g/mol. The molecule has 40 heavy (non-hydrogen) atoms. The SMILES string of the molecule is CC(=O)Nc1nccc(-c2ccc3c(/C=C/c4ccc(-c5ccccc5N5CCN(C)CC5)cc4)n[nH]c3c2)n1. The van der Waals surface area contributed by atoms with Crippen molar-refractivity contribution in [1.82, 2.24) is 25.1 Å². The van der Waals surface area contributed by atoms with Crippen molar-refractivity contribution in [3.8, 4) is 22.4 Å². The molecule has 8 nitrogen and oxygen atoms in total. The number of rotatable bonds is 6. The Hall–Kier alpha value is -4.82. The van der Waals surface area contributed by atoms with Gasteiger partial charge in [-0.15, -0.1) is 0 Å². The van der Waals surface area contributed by atoms with Gasteiger partial charge < -0.3 is 9.80 Å². The van der Waals surface area contributed by atoms with Crippen molar-refractivity contribution in [1.29, 1.82) is 0 Å². The molecule has 0 saturated carbocycles. The van der Waals surface area contributed by atoms with E-state index < -0.39 is 0 Å². The summed E-state index contributed by atoms with van der Waals surface area (Å²) in [5, 5.41) is 11.3. The van der Waals surface area contributed by atoms with Crippen molar-refractivity contribution in [2.24, 2.45) is 0 Å². The molecule has 0 aliphatic carbocycles. The first-order valence-electron chi connectivity index (χ1n) is 13.4. The Kier molecular flexibility index (Phi) is 7.08. The molecule has 3 aromatic carbocycles. The number of carbonyl (C=O) groups is 1. The smallest absolute Gasteiger partial charge is 0.229 e. The molecule has 1 aliphatic heterocycles. The van der Waals surface area contributed by atoms with Crippen LogP contribution in [0.2, 0.25) is 0 Å². The summed E-state index contributed by atoms with van der Waals surface area (Å²) in [4.78, 5) is 24.8. The summed E-state index contributed by atoms with van der Waals surface area (Å²) >= 11 is 0. The van der Waals surface area contributed by atoms with Crippen LogP contribution in [0.15, 0.2) is 79.0 Å². The average molecular weight is 530 g/mol. The number of hydrogen-bond acceptors (Lipinski definition) is 6. The van der Waals surface area contributed by atoms with Crippen molar-refractivity contribution in [2.75, 3.05) is 43.4 Å². The highest BCUT2D eigenvalue weighted by Crippen LogP contribution is 2.32. The molecule has 2 N–H and O–H groups in total. The Morgan fingerprint density at radius 2 is 1.70 bits per heavy atom. The highest BCUT2D eigenvalue weighted by atomic mass is 16.1. The minimum Gasteiger partial charge on any atom is -0.368 e. The largest absolute Gasteiger partial charge is 0.368 e. The molecule has 3 heterocycles. The van der Waals surface area contributed by atoms with E-state index in [-0.39, 0.29) is 11.9 Å². The van der Waals surface area contributed by atoms with Crippen LogP contribution in [-0.2, 0) is 4.79 Å². The number of fused-ring (bicyclic) bond motifs is 1. The van der Waals surface area contributed by atoms with Crippen LogP contribution in [-0.4, -0.2) is 64.2 Å². The fraction of sp³-hybridized carbons (Fsp3) is 0.188. The van der Waals surface area contributed by atoms with Gasteiger partial charge in [-0.25, -0.2) is 9.97 Å². The fourth-order valence-electron chi connectivity index (χ4n) is 5.05. The second-order valence-corrected chi connectivity index (χ2v) is 10.1. The predicted octanol–water partition coefficient (Wildman–Crippen LogP) is 5.57. The lowest BCUT2D eigenvalue weighted by molar-refractivity contribution is -0.114. The van der Waals surface area contributed by atoms with E-state index in [0.717, 1.165) is 59.6 Å². The summed E-state index contributed by atoms with van der Waals surface area (Å²) in [5.74, 6) is 0.0786. The molecule has 0 atom stereocenters. The van der Waals surface area contributed by atoms with Gasteiger partial charge in [-0.3, -0.25) is 15.2 Å². The second kappa shape index (κ2) is 11.1. The van der Waals surface area contributed by atoms with Crippen molar-refractivity contribution in [2.45, 2.75) is 6.92 Å². The van der Waals surface area contributed by atoms with Crippen LogP contribution in [0.5, 0.6) is 0 Å². The number of para-hydroxylation sites is 1. The Labute approximate surface area is 233 Å². The second-order valence-electron chi connectivity index (χ2n) is 10.1. The number of aromatic amines is 1. The number of piperazine rings is 1. The maximum atomic E-state index is 11.4. The molecule has 8 heteroatoms. The zero-order valence-electron chi connectivity index (χ0n) is 22.6. The highest BCUT2D eigenvalue weighted by molar-refractivity contribution is 5.92. The number of nitrogens with one attached hydrogen (secondary N) is 2. The molecular formula is C32H31N7O. The number of amides is 1. The maximum absolute atomic E-state index is 11.4. The van der Waals surface area contributed by atoms with Crippen LogP contribution < -0.4 is 10.2 Å². The fourth-order valence-corrected chi connectivity index (χ4v) is 5.05. The van der Waals surface area contributed by atoms with Gasteiger partial charge in [0.1, 0.15) is 0 Å². The summed E-state index contributed by atoms with van der Waals surface area (Å²) in [5.41, 5.74) is 8.31. The van der Waals surface area contributed by atoms with Crippen molar-refractivity contribution in [3.63, 3.8) is 0 Å². The van der Waals surface area contributed by atoms with Crippen LogP contribution >= 0.6 is 0 Å². The quantitative estimate of drug-likeness (QED) is 0.299. The first kappa shape index (κ1) is 25.5. The molecule has 200 valence electrons. The number of hydrogen-bond donors (Lipinski definition) is 2. The standard InChI is InChI=1S/C32H31N7O/c1-22(40)34-32-33-16-15-28(35-32)25-12-13-27-29(36-37-30(27)21-25)14-9-23-7-10-24(11-8-23)26-5-3-4-6-31(26)39-19-17-38(2)18-20-39/h3-16,21H,17-20H2,1-2H3,(H,36,37)(H,33,34,35,40)/b14-9+. The molecule has 5 aromatic rings. The number of anilines is 2. The lowest BCUT2D eigenvalue weighted by atomic mass is 10.0. The minimum atomic E-state index is -0.206. The Morgan fingerprint density at radius 3 is 2.50 bits per heavy atom. The van der Waals surface area contributed by atoms with Crippen molar-refractivity contribution < 1.29 is 4.79 Å². The van der Waals surface area contributed by atoms with E-state index in [1.807, 2.05) is 30.3 Å². The lowest BCUT2D eigenvalue weighted by Crippen LogP contribution is -2.44. The van der Waals surface area contributed by atoms with E-state index in [1.54, 1.807) is 6.20 Å². The Morgan fingerprint density at radius 1 is 0.925 bits per heavy atom. The molecule has 2 aromatic heterocycles. The molecule has 0 bridgehead atoms. The third-order valence-corrected chi connectivity index (χ3v) is 7.23. The van der Waals surface area contributed by atoms with E-state index in [1.165, 1.54) is 23.7 Å². The molecule has 0 radical (unpaired) electrons. The minimum absolute atomic E-state index is 0.206. The van der Waals surface area contributed by atoms with Gasteiger partial charge in [-0.2, -0.15) is 5.10 Å². The van der Waals surface area contributed by atoms with Gasteiger partial charge in [0.05, 0.1) is 16.9 Å². The van der Waals surface area contributed by atoms with E-state index in [0.29, 0.717) is 0 Å². The van der Waals surface area contributed by atoms with Gasteiger partial charge >= 0.3 is 0 Å². The predicted molar refractivity (Wildman–Crippen MR) is 162 cm³/mol. The van der Waals surface area contributed by atoms with Crippen LogP contribution in [0.25, 0.3) is 45.4 Å². The Balaban J connectivity index is 1.19. The molecule has 0 unspecified atom stereocenters. The number of nitrogens with zero attached hydrogens (tertiary/aromatic N) is 5. The zero-order valence-corrected chi connectivity index (χ0v) is 22.6. The third kappa shape index (κ3) is 5.48. The molecule has 1 aliphatic rings.